The second-order valence-electron chi connectivity index (χ2n) is 4.75. The Morgan fingerprint density at radius 2 is 1.91 bits per heavy atom. The maximum Gasteiger partial charge on any atom is 0.256 e. The van der Waals surface area contributed by atoms with Gasteiger partial charge in [-0.25, -0.2) is 8.78 Å². The number of carbonyl (C=O) groups excluding carboxylic acids is 1. The molecule has 2 aromatic rings. The minimum Gasteiger partial charge on any atom is -0.494 e. The highest BCUT2D eigenvalue weighted by Crippen LogP contribution is 2.20. The quantitative estimate of drug-likeness (QED) is 0.814. The molecular weight excluding hydrogens is 356 g/mol. The summed E-state index contributed by atoms with van der Waals surface area (Å²) in [4.78, 5) is 13.6. The zero-order chi connectivity index (χ0) is 16.3. The fourth-order valence-electron chi connectivity index (χ4n) is 2.02. The number of benzene rings is 2. The third-order valence-electron chi connectivity index (χ3n) is 3.14. The molecule has 1 amide bonds. The van der Waals surface area contributed by atoms with Crippen molar-refractivity contribution >= 4 is 21.8 Å². The molecule has 0 radical (unpaired) electrons. The Bertz CT molecular complexity index is 707. The number of nitrogens with zero attached hydrogens (tertiary/aromatic N) is 1. The van der Waals surface area contributed by atoms with Crippen LogP contribution in [-0.4, -0.2) is 25.0 Å². The molecule has 6 heteroatoms. The van der Waals surface area contributed by atoms with Crippen LogP contribution >= 0.6 is 15.9 Å². The second kappa shape index (κ2) is 6.87. The van der Waals surface area contributed by atoms with Crippen LogP contribution in [0.15, 0.2) is 40.9 Å². The molecule has 0 atom stereocenters. The van der Waals surface area contributed by atoms with E-state index in [1.807, 2.05) is 0 Å². The van der Waals surface area contributed by atoms with Crippen LogP contribution in [0.5, 0.6) is 5.75 Å². The Hall–Kier alpha value is -1.95. The number of rotatable bonds is 4. The average Bonchev–Trinajstić information content (AvgIpc) is 2.49. The van der Waals surface area contributed by atoms with Gasteiger partial charge in [0.25, 0.3) is 5.91 Å². The van der Waals surface area contributed by atoms with E-state index >= 15 is 0 Å². The van der Waals surface area contributed by atoms with Gasteiger partial charge in [-0.15, -0.1) is 0 Å². The molecule has 0 N–H and O–H groups in total. The topological polar surface area (TPSA) is 29.5 Å². The highest BCUT2D eigenvalue weighted by molar-refractivity contribution is 9.10. The molecule has 0 spiro atoms. The first-order valence-electron chi connectivity index (χ1n) is 6.45. The summed E-state index contributed by atoms with van der Waals surface area (Å²) >= 11 is 3.21. The molecule has 2 aromatic carbocycles. The van der Waals surface area contributed by atoms with E-state index in [2.05, 4.69) is 15.9 Å². The number of carbonyl (C=O) groups is 1. The molecule has 0 saturated carbocycles. The van der Waals surface area contributed by atoms with Crippen molar-refractivity contribution in [1.82, 2.24) is 4.90 Å². The first-order valence-corrected chi connectivity index (χ1v) is 7.24. The zero-order valence-corrected chi connectivity index (χ0v) is 13.7. The molecule has 0 aliphatic heterocycles. The number of halogens is 3. The normalized spacial score (nSPS) is 10.4. The smallest absolute Gasteiger partial charge is 0.256 e. The molecule has 116 valence electrons. The Labute approximate surface area is 135 Å². The van der Waals surface area contributed by atoms with Crippen LogP contribution in [-0.2, 0) is 6.54 Å². The monoisotopic (exact) mass is 369 g/mol. The van der Waals surface area contributed by atoms with Crippen molar-refractivity contribution in [3.8, 4) is 5.75 Å². The van der Waals surface area contributed by atoms with Crippen LogP contribution in [0.25, 0.3) is 0 Å². The summed E-state index contributed by atoms with van der Waals surface area (Å²) in [5.74, 6) is -1.44. The lowest BCUT2D eigenvalue weighted by molar-refractivity contribution is 0.0780. The summed E-state index contributed by atoms with van der Waals surface area (Å²) in [6.07, 6.45) is 0. The van der Waals surface area contributed by atoms with E-state index in [9.17, 15) is 13.6 Å². The Morgan fingerprint density at radius 1 is 1.18 bits per heavy atom. The molecule has 0 saturated heterocycles. The van der Waals surface area contributed by atoms with Gasteiger partial charge in [0.15, 0.2) is 11.6 Å². The van der Waals surface area contributed by atoms with Gasteiger partial charge >= 0.3 is 0 Å². The third kappa shape index (κ3) is 3.62. The Balaban J connectivity index is 2.18. The van der Waals surface area contributed by atoms with Crippen LogP contribution in [0.2, 0.25) is 0 Å². The molecule has 0 aliphatic rings. The molecule has 0 aliphatic carbocycles. The van der Waals surface area contributed by atoms with Gasteiger partial charge in [0.05, 0.1) is 12.7 Å². The molecule has 0 heterocycles. The SMILES string of the molecule is COc1ccc(CN(C)C(=O)c2cc(Br)ccc2F)cc1F. The van der Waals surface area contributed by atoms with Crippen molar-refractivity contribution in [3.05, 3.63) is 63.6 Å². The number of ether oxygens (including phenoxy) is 1. The number of methoxy groups -OCH3 is 1. The standard InChI is InChI=1S/C16H14BrF2NO2/c1-20(9-10-3-6-15(22-2)14(19)7-10)16(21)12-8-11(17)4-5-13(12)18/h3-8H,9H2,1-2H3. The summed E-state index contributed by atoms with van der Waals surface area (Å²) in [6.45, 7) is 0.158. The van der Waals surface area contributed by atoms with Crippen molar-refractivity contribution in [2.75, 3.05) is 14.2 Å². The van der Waals surface area contributed by atoms with Crippen LogP contribution in [0, 0.1) is 11.6 Å². The van der Waals surface area contributed by atoms with E-state index in [0.717, 1.165) is 0 Å². The van der Waals surface area contributed by atoms with E-state index < -0.39 is 17.5 Å². The van der Waals surface area contributed by atoms with Crippen molar-refractivity contribution in [1.29, 1.82) is 0 Å². The van der Waals surface area contributed by atoms with Gasteiger partial charge in [-0.2, -0.15) is 0 Å². The van der Waals surface area contributed by atoms with Gasteiger partial charge in [0.2, 0.25) is 0 Å². The summed E-state index contributed by atoms with van der Waals surface area (Å²) in [5.41, 5.74) is 0.551. The maximum atomic E-state index is 13.7. The molecule has 22 heavy (non-hydrogen) atoms. The number of hydrogen-bond donors (Lipinski definition) is 0. The number of hydrogen-bond acceptors (Lipinski definition) is 2. The summed E-state index contributed by atoms with van der Waals surface area (Å²) in [6, 6.07) is 8.59. The van der Waals surface area contributed by atoms with Crippen molar-refractivity contribution in [2.24, 2.45) is 0 Å². The van der Waals surface area contributed by atoms with E-state index in [4.69, 9.17) is 4.74 Å². The van der Waals surface area contributed by atoms with Crippen molar-refractivity contribution < 1.29 is 18.3 Å². The number of amides is 1. The molecule has 2 rings (SSSR count). The molecule has 0 unspecified atom stereocenters. The fourth-order valence-corrected chi connectivity index (χ4v) is 2.38. The molecule has 3 nitrogen and oxygen atoms in total. The van der Waals surface area contributed by atoms with Gasteiger partial charge in [-0.3, -0.25) is 4.79 Å². The molecule has 0 aromatic heterocycles. The average molecular weight is 370 g/mol. The highest BCUT2D eigenvalue weighted by Gasteiger charge is 2.17. The van der Waals surface area contributed by atoms with E-state index in [1.165, 1.54) is 49.4 Å². The maximum absolute atomic E-state index is 13.7. The Kier molecular flexibility index (Phi) is 5.13. The Morgan fingerprint density at radius 3 is 2.55 bits per heavy atom. The minimum absolute atomic E-state index is 0.0362. The van der Waals surface area contributed by atoms with Gasteiger partial charge in [-0.05, 0) is 35.9 Å². The summed E-state index contributed by atoms with van der Waals surface area (Å²) < 4.78 is 32.8. The predicted molar refractivity (Wildman–Crippen MR) is 82.8 cm³/mol. The zero-order valence-electron chi connectivity index (χ0n) is 12.1. The fraction of sp³-hybridized carbons (Fsp3) is 0.188. The van der Waals surface area contributed by atoms with Gasteiger partial charge in [0, 0.05) is 18.1 Å². The predicted octanol–water partition coefficient (Wildman–Crippen LogP) is 4.01. The first kappa shape index (κ1) is 16.4. The molecule has 0 fully saturated rings. The van der Waals surface area contributed by atoms with Gasteiger partial charge in [-0.1, -0.05) is 22.0 Å². The van der Waals surface area contributed by atoms with Crippen molar-refractivity contribution in [3.63, 3.8) is 0 Å². The van der Waals surface area contributed by atoms with Gasteiger partial charge < -0.3 is 9.64 Å². The van der Waals surface area contributed by atoms with E-state index in [0.29, 0.717) is 10.0 Å². The highest BCUT2D eigenvalue weighted by atomic mass is 79.9. The van der Waals surface area contributed by atoms with E-state index in [1.54, 1.807) is 6.07 Å². The minimum atomic E-state index is -0.596. The lowest BCUT2D eigenvalue weighted by Crippen LogP contribution is -2.27. The van der Waals surface area contributed by atoms with Crippen LogP contribution in [0.4, 0.5) is 8.78 Å². The van der Waals surface area contributed by atoms with Gasteiger partial charge in [0.1, 0.15) is 5.82 Å². The summed E-state index contributed by atoms with van der Waals surface area (Å²) in [5, 5.41) is 0. The van der Waals surface area contributed by atoms with E-state index in [-0.39, 0.29) is 17.9 Å². The first-order chi connectivity index (χ1) is 10.4. The second-order valence-corrected chi connectivity index (χ2v) is 5.67. The largest absolute Gasteiger partial charge is 0.494 e. The third-order valence-corrected chi connectivity index (χ3v) is 3.63. The summed E-state index contributed by atoms with van der Waals surface area (Å²) in [7, 11) is 2.91. The van der Waals surface area contributed by atoms with Crippen LogP contribution < -0.4 is 4.74 Å². The lowest BCUT2D eigenvalue weighted by Gasteiger charge is -2.18. The van der Waals surface area contributed by atoms with Crippen LogP contribution in [0.3, 0.4) is 0 Å². The van der Waals surface area contributed by atoms with Crippen LogP contribution in [0.1, 0.15) is 15.9 Å². The molecular formula is C16H14BrF2NO2. The van der Waals surface area contributed by atoms with Crippen molar-refractivity contribution in [2.45, 2.75) is 6.54 Å². The lowest BCUT2D eigenvalue weighted by atomic mass is 10.1. The molecule has 0 bridgehead atoms.